The Bertz CT molecular complexity index is 988. The van der Waals surface area contributed by atoms with Crippen molar-refractivity contribution in [3.05, 3.63) is 77.6 Å². The monoisotopic (exact) mass is 392 g/mol. The van der Waals surface area contributed by atoms with E-state index in [-0.39, 0.29) is 5.91 Å². The largest absolute Gasteiger partial charge is 0.490 e. The summed E-state index contributed by atoms with van der Waals surface area (Å²) >= 11 is 0. The molecule has 6 nitrogen and oxygen atoms in total. The first-order chi connectivity index (χ1) is 14.1. The van der Waals surface area contributed by atoms with Crippen LogP contribution in [0.4, 0.5) is 5.69 Å². The highest BCUT2D eigenvalue weighted by Gasteiger charge is 2.12. The molecule has 1 heterocycles. The van der Waals surface area contributed by atoms with Gasteiger partial charge in [0.1, 0.15) is 5.75 Å². The van der Waals surface area contributed by atoms with Crippen molar-refractivity contribution in [2.24, 2.45) is 0 Å². The molecule has 0 atom stereocenters. The van der Waals surface area contributed by atoms with E-state index in [4.69, 9.17) is 14.2 Å². The summed E-state index contributed by atoms with van der Waals surface area (Å²) in [7, 11) is 1.61. The van der Waals surface area contributed by atoms with E-state index in [2.05, 4.69) is 10.3 Å². The van der Waals surface area contributed by atoms with Gasteiger partial charge in [0.25, 0.3) is 5.91 Å². The molecule has 0 unspecified atom stereocenters. The molecule has 0 spiro atoms. The molecule has 1 amide bonds. The quantitative estimate of drug-likeness (QED) is 0.585. The van der Waals surface area contributed by atoms with Crippen LogP contribution in [-0.2, 0) is 11.3 Å². The lowest BCUT2D eigenvalue weighted by Gasteiger charge is -2.13. The van der Waals surface area contributed by atoms with Crippen LogP contribution < -0.4 is 14.8 Å². The number of nitrogens with zero attached hydrogens (tertiary/aromatic N) is 1. The smallest absolute Gasteiger partial charge is 0.257 e. The molecular formula is C23H24N2O4. The summed E-state index contributed by atoms with van der Waals surface area (Å²) in [5, 5.41) is 2.90. The van der Waals surface area contributed by atoms with E-state index in [1.165, 1.54) is 0 Å². The molecule has 1 N–H and O–H groups in total. The Balaban J connectivity index is 1.74. The average Bonchev–Trinajstić information content (AvgIpc) is 2.70. The fourth-order valence-electron chi connectivity index (χ4n) is 2.85. The molecule has 0 radical (unpaired) electrons. The van der Waals surface area contributed by atoms with Crippen LogP contribution in [0.2, 0.25) is 0 Å². The number of carbonyl (C=O) groups excluding carboxylic acids is 1. The molecule has 0 aliphatic heterocycles. The van der Waals surface area contributed by atoms with Gasteiger partial charge < -0.3 is 19.5 Å². The molecule has 3 aromatic rings. The topological polar surface area (TPSA) is 69.7 Å². The number of carbonyl (C=O) groups is 1. The number of ether oxygens (including phenoxy) is 3. The first-order valence-electron chi connectivity index (χ1n) is 9.37. The average molecular weight is 392 g/mol. The van der Waals surface area contributed by atoms with Crippen molar-refractivity contribution in [3.8, 4) is 17.2 Å². The minimum atomic E-state index is -0.231. The number of pyridine rings is 1. The number of aromatic nitrogens is 1. The number of rotatable bonds is 8. The molecule has 29 heavy (non-hydrogen) atoms. The van der Waals surface area contributed by atoms with Crippen molar-refractivity contribution in [2.75, 3.05) is 19.0 Å². The van der Waals surface area contributed by atoms with Gasteiger partial charge in [-0.1, -0.05) is 18.2 Å². The molecule has 0 saturated carbocycles. The van der Waals surface area contributed by atoms with Crippen LogP contribution in [0.5, 0.6) is 17.2 Å². The van der Waals surface area contributed by atoms with Gasteiger partial charge in [-0.15, -0.1) is 0 Å². The van der Waals surface area contributed by atoms with E-state index in [1.807, 2.05) is 43.3 Å². The van der Waals surface area contributed by atoms with E-state index < -0.39 is 0 Å². The lowest BCUT2D eigenvalue weighted by Crippen LogP contribution is -2.14. The van der Waals surface area contributed by atoms with Crippen LogP contribution in [0.25, 0.3) is 0 Å². The molecule has 6 heteroatoms. The summed E-state index contributed by atoms with van der Waals surface area (Å²) in [6.07, 6.45) is 0. The second-order valence-electron chi connectivity index (χ2n) is 6.33. The van der Waals surface area contributed by atoms with Crippen molar-refractivity contribution < 1.29 is 19.0 Å². The van der Waals surface area contributed by atoms with E-state index >= 15 is 0 Å². The highest BCUT2D eigenvalue weighted by atomic mass is 16.5. The van der Waals surface area contributed by atoms with Crippen molar-refractivity contribution in [2.45, 2.75) is 20.5 Å². The highest BCUT2D eigenvalue weighted by molar-refractivity contribution is 6.05. The fraction of sp³-hybridized carbons (Fsp3) is 0.217. The Morgan fingerprint density at radius 2 is 1.83 bits per heavy atom. The zero-order valence-electron chi connectivity index (χ0n) is 16.8. The minimum Gasteiger partial charge on any atom is -0.490 e. The Hall–Kier alpha value is -3.38. The van der Waals surface area contributed by atoms with Gasteiger partial charge in [-0.3, -0.25) is 9.78 Å². The predicted molar refractivity (Wildman–Crippen MR) is 112 cm³/mol. The highest BCUT2D eigenvalue weighted by Crippen LogP contribution is 2.32. The number of methoxy groups -OCH3 is 1. The summed E-state index contributed by atoms with van der Waals surface area (Å²) in [5.41, 5.74) is 2.57. The van der Waals surface area contributed by atoms with Gasteiger partial charge in [0.05, 0.1) is 30.2 Å². The Kier molecular flexibility index (Phi) is 6.81. The number of benzene rings is 2. The lowest BCUT2D eigenvalue weighted by molar-refractivity contribution is 0.102. The molecule has 150 valence electrons. The Morgan fingerprint density at radius 3 is 2.55 bits per heavy atom. The van der Waals surface area contributed by atoms with Crippen LogP contribution in [0.3, 0.4) is 0 Å². The second kappa shape index (κ2) is 9.71. The fourth-order valence-corrected chi connectivity index (χ4v) is 2.85. The van der Waals surface area contributed by atoms with Crippen molar-refractivity contribution in [1.82, 2.24) is 4.98 Å². The van der Waals surface area contributed by atoms with Gasteiger partial charge in [0, 0.05) is 18.9 Å². The third kappa shape index (κ3) is 5.33. The number of aryl methyl sites for hydroxylation is 1. The lowest BCUT2D eigenvalue weighted by atomic mass is 10.1. The van der Waals surface area contributed by atoms with E-state index in [0.717, 1.165) is 5.69 Å². The third-order valence-electron chi connectivity index (χ3n) is 4.15. The SMILES string of the molecule is CCOc1ccccc1Oc1cccc(NC(=O)c2ccc(COC)nc2C)c1. The van der Waals surface area contributed by atoms with E-state index in [1.54, 1.807) is 38.3 Å². The number of hydrogen-bond acceptors (Lipinski definition) is 5. The third-order valence-corrected chi connectivity index (χ3v) is 4.15. The van der Waals surface area contributed by atoms with Crippen LogP contribution in [0, 0.1) is 6.92 Å². The van der Waals surface area contributed by atoms with E-state index in [0.29, 0.717) is 47.4 Å². The van der Waals surface area contributed by atoms with Crippen LogP contribution in [0.1, 0.15) is 28.7 Å². The van der Waals surface area contributed by atoms with Gasteiger partial charge >= 0.3 is 0 Å². The molecule has 0 fully saturated rings. The first-order valence-corrected chi connectivity index (χ1v) is 9.37. The van der Waals surface area contributed by atoms with Crippen molar-refractivity contribution in [3.63, 3.8) is 0 Å². The summed E-state index contributed by atoms with van der Waals surface area (Å²) in [6.45, 7) is 4.68. The summed E-state index contributed by atoms with van der Waals surface area (Å²) < 4.78 is 16.6. The maximum absolute atomic E-state index is 12.7. The normalized spacial score (nSPS) is 10.4. The van der Waals surface area contributed by atoms with Gasteiger partial charge in [-0.2, -0.15) is 0 Å². The molecule has 1 aromatic heterocycles. The summed E-state index contributed by atoms with van der Waals surface area (Å²) in [4.78, 5) is 17.1. The number of anilines is 1. The molecule has 0 aliphatic carbocycles. The predicted octanol–water partition coefficient (Wildman–Crippen LogP) is 4.98. The second-order valence-corrected chi connectivity index (χ2v) is 6.33. The standard InChI is InChI=1S/C23H24N2O4/c1-4-28-21-10-5-6-11-22(21)29-19-9-7-8-17(14-19)25-23(26)20-13-12-18(15-27-3)24-16(20)2/h5-14H,4,15H2,1-3H3,(H,25,26). The molecule has 0 saturated heterocycles. The number of nitrogens with one attached hydrogen (secondary N) is 1. The molecule has 0 bridgehead atoms. The van der Waals surface area contributed by atoms with Crippen LogP contribution >= 0.6 is 0 Å². The number of amides is 1. The maximum atomic E-state index is 12.7. The van der Waals surface area contributed by atoms with E-state index in [9.17, 15) is 4.79 Å². The molecule has 2 aromatic carbocycles. The Labute approximate surface area is 170 Å². The molecule has 3 rings (SSSR count). The number of hydrogen-bond donors (Lipinski definition) is 1. The van der Waals surface area contributed by atoms with Crippen molar-refractivity contribution in [1.29, 1.82) is 0 Å². The van der Waals surface area contributed by atoms with Gasteiger partial charge in [0.15, 0.2) is 11.5 Å². The first kappa shape index (κ1) is 20.4. The van der Waals surface area contributed by atoms with Gasteiger partial charge in [-0.05, 0) is 50.2 Å². The van der Waals surface area contributed by atoms with Gasteiger partial charge in [0.2, 0.25) is 0 Å². The summed E-state index contributed by atoms with van der Waals surface area (Å²) in [6, 6.07) is 18.2. The summed E-state index contributed by atoms with van der Waals surface area (Å²) in [5.74, 6) is 1.65. The van der Waals surface area contributed by atoms with Crippen LogP contribution in [0.15, 0.2) is 60.7 Å². The number of para-hydroxylation sites is 2. The maximum Gasteiger partial charge on any atom is 0.257 e. The minimum absolute atomic E-state index is 0.231. The molecular weight excluding hydrogens is 368 g/mol. The molecule has 0 aliphatic rings. The van der Waals surface area contributed by atoms with Crippen LogP contribution in [-0.4, -0.2) is 24.6 Å². The van der Waals surface area contributed by atoms with Crippen molar-refractivity contribution >= 4 is 11.6 Å². The zero-order valence-corrected chi connectivity index (χ0v) is 16.8. The van der Waals surface area contributed by atoms with Gasteiger partial charge in [-0.25, -0.2) is 0 Å². The Morgan fingerprint density at radius 1 is 1.03 bits per heavy atom. The zero-order chi connectivity index (χ0) is 20.6.